The Morgan fingerprint density at radius 1 is 1.18 bits per heavy atom. The second-order valence-electron chi connectivity index (χ2n) is 4.93. The van der Waals surface area contributed by atoms with Crippen LogP contribution in [0, 0.1) is 12.7 Å². The molecule has 0 fully saturated rings. The van der Waals surface area contributed by atoms with E-state index in [9.17, 15) is 4.39 Å². The van der Waals surface area contributed by atoms with E-state index in [0.29, 0.717) is 31.3 Å². The molecule has 1 N–H and O–H groups in total. The molecule has 6 heteroatoms. The highest BCUT2D eigenvalue weighted by atomic mass is 19.1. The van der Waals surface area contributed by atoms with Gasteiger partial charge in [0, 0.05) is 19.5 Å². The van der Waals surface area contributed by atoms with E-state index in [1.165, 1.54) is 18.3 Å². The van der Waals surface area contributed by atoms with Crippen LogP contribution < -0.4 is 14.8 Å². The molecule has 0 saturated heterocycles. The Morgan fingerprint density at radius 2 is 2.00 bits per heavy atom. The van der Waals surface area contributed by atoms with E-state index < -0.39 is 0 Å². The number of aromatic nitrogens is 2. The van der Waals surface area contributed by atoms with Crippen LogP contribution in [0.25, 0.3) is 0 Å². The van der Waals surface area contributed by atoms with Crippen molar-refractivity contribution in [2.45, 2.75) is 19.9 Å². The quantitative estimate of drug-likeness (QED) is 0.795. The van der Waals surface area contributed by atoms with E-state index in [0.717, 1.165) is 16.8 Å². The monoisotopic (exact) mass is 305 g/mol. The van der Waals surface area contributed by atoms with Gasteiger partial charge in [-0.15, -0.1) is 0 Å². The number of rotatable bonds is 7. The maximum absolute atomic E-state index is 13.3. The van der Waals surface area contributed by atoms with Crippen molar-refractivity contribution in [2.24, 2.45) is 0 Å². The number of ether oxygens (including phenoxy) is 2. The van der Waals surface area contributed by atoms with Crippen LogP contribution in [-0.2, 0) is 13.0 Å². The van der Waals surface area contributed by atoms with E-state index in [1.54, 1.807) is 14.2 Å². The molecule has 0 unspecified atom stereocenters. The Bertz CT molecular complexity index is 615. The molecule has 0 aliphatic heterocycles. The van der Waals surface area contributed by atoms with E-state index in [4.69, 9.17) is 9.47 Å². The molecule has 2 aromatic rings. The van der Waals surface area contributed by atoms with Gasteiger partial charge >= 0.3 is 0 Å². The summed E-state index contributed by atoms with van der Waals surface area (Å²) < 4.78 is 23.6. The van der Waals surface area contributed by atoms with Gasteiger partial charge in [0.05, 0.1) is 20.4 Å². The number of methoxy groups -OCH3 is 2. The van der Waals surface area contributed by atoms with E-state index >= 15 is 0 Å². The maximum atomic E-state index is 13.3. The van der Waals surface area contributed by atoms with E-state index in [1.807, 2.05) is 13.0 Å². The Labute approximate surface area is 129 Å². The largest absolute Gasteiger partial charge is 0.480 e. The molecule has 2 rings (SSSR count). The van der Waals surface area contributed by atoms with Crippen LogP contribution >= 0.6 is 0 Å². The van der Waals surface area contributed by atoms with Crippen LogP contribution in [0.2, 0.25) is 0 Å². The number of hydrogen-bond acceptors (Lipinski definition) is 5. The average Bonchev–Trinajstić information content (AvgIpc) is 2.50. The molecule has 5 nitrogen and oxygen atoms in total. The summed E-state index contributed by atoms with van der Waals surface area (Å²) in [5.74, 6) is 0.734. The number of nitrogens with one attached hydrogen (secondary N) is 1. The summed E-state index contributed by atoms with van der Waals surface area (Å²) in [5.41, 5.74) is 2.56. The Kier molecular flexibility index (Phi) is 5.66. The van der Waals surface area contributed by atoms with Gasteiger partial charge in [0.25, 0.3) is 0 Å². The third kappa shape index (κ3) is 4.39. The van der Waals surface area contributed by atoms with Gasteiger partial charge in [-0.1, -0.05) is 6.07 Å². The molecule has 0 aliphatic carbocycles. The Balaban J connectivity index is 1.90. The molecule has 0 atom stereocenters. The summed E-state index contributed by atoms with van der Waals surface area (Å²) in [7, 11) is 3.10. The molecule has 1 aromatic carbocycles. The van der Waals surface area contributed by atoms with E-state index in [2.05, 4.69) is 15.3 Å². The summed E-state index contributed by atoms with van der Waals surface area (Å²) in [4.78, 5) is 8.47. The first-order valence-electron chi connectivity index (χ1n) is 7.03. The summed E-state index contributed by atoms with van der Waals surface area (Å²) in [6.45, 7) is 3.15. The summed E-state index contributed by atoms with van der Waals surface area (Å²) in [6, 6.07) is 5.01. The smallest absolute Gasteiger partial charge is 0.235 e. The predicted molar refractivity (Wildman–Crippen MR) is 81.7 cm³/mol. The fourth-order valence-corrected chi connectivity index (χ4v) is 2.18. The molecule has 22 heavy (non-hydrogen) atoms. The maximum Gasteiger partial charge on any atom is 0.235 e. The van der Waals surface area contributed by atoms with Gasteiger partial charge in [0.2, 0.25) is 11.8 Å². The molecule has 0 saturated carbocycles. The predicted octanol–water partition coefficient (Wildman–Crippen LogP) is 2.27. The minimum Gasteiger partial charge on any atom is -0.480 e. The highest BCUT2D eigenvalue weighted by molar-refractivity contribution is 5.24. The molecule has 0 spiro atoms. The highest BCUT2D eigenvalue weighted by Gasteiger charge is 2.08. The lowest BCUT2D eigenvalue weighted by molar-refractivity contribution is 0.367. The van der Waals surface area contributed by atoms with Gasteiger partial charge in [-0.2, -0.15) is 0 Å². The Morgan fingerprint density at radius 3 is 2.68 bits per heavy atom. The zero-order chi connectivity index (χ0) is 15.9. The molecule has 0 bridgehead atoms. The minimum atomic E-state index is -0.211. The van der Waals surface area contributed by atoms with Crippen molar-refractivity contribution < 1.29 is 13.9 Å². The van der Waals surface area contributed by atoms with E-state index in [-0.39, 0.29) is 5.82 Å². The number of nitrogens with zero attached hydrogens (tertiary/aromatic N) is 2. The fraction of sp³-hybridized carbons (Fsp3) is 0.375. The van der Waals surface area contributed by atoms with Crippen molar-refractivity contribution >= 4 is 0 Å². The van der Waals surface area contributed by atoms with Crippen LogP contribution in [0.5, 0.6) is 11.8 Å². The van der Waals surface area contributed by atoms with Crippen molar-refractivity contribution in [2.75, 3.05) is 20.8 Å². The molecular formula is C16H20FN3O2. The zero-order valence-electron chi connectivity index (χ0n) is 13.0. The number of hydrogen-bond donors (Lipinski definition) is 1. The zero-order valence-corrected chi connectivity index (χ0v) is 13.0. The van der Waals surface area contributed by atoms with Gasteiger partial charge in [-0.3, -0.25) is 0 Å². The van der Waals surface area contributed by atoms with Crippen molar-refractivity contribution in [3.05, 3.63) is 47.0 Å². The number of aryl methyl sites for hydroxylation is 1. The molecular weight excluding hydrogens is 285 g/mol. The third-order valence-electron chi connectivity index (χ3n) is 3.16. The summed E-state index contributed by atoms with van der Waals surface area (Å²) in [6.07, 6.45) is 2.16. The van der Waals surface area contributed by atoms with Crippen LogP contribution in [0.1, 0.15) is 16.8 Å². The van der Waals surface area contributed by atoms with Crippen LogP contribution in [-0.4, -0.2) is 30.7 Å². The third-order valence-corrected chi connectivity index (χ3v) is 3.16. The fourth-order valence-electron chi connectivity index (χ4n) is 2.18. The van der Waals surface area contributed by atoms with Gasteiger partial charge in [-0.05, 0) is 30.2 Å². The van der Waals surface area contributed by atoms with Crippen molar-refractivity contribution in [3.63, 3.8) is 0 Å². The highest BCUT2D eigenvalue weighted by Crippen LogP contribution is 2.16. The first-order valence-corrected chi connectivity index (χ1v) is 7.03. The van der Waals surface area contributed by atoms with Gasteiger partial charge < -0.3 is 14.8 Å². The molecule has 0 radical (unpaired) electrons. The normalized spacial score (nSPS) is 10.5. The second kappa shape index (κ2) is 7.70. The average molecular weight is 305 g/mol. The SMILES string of the molecule is COc1cnc(OC)c(CCNCc2cc(C)cc(F)c2)n1. The van der Waals surface area contributed by atoms with Crippen molar-refractivity contribution in [3.8, 4) is 11.8 Å². The van der Waals surface area contributed by atoms with Gasteiger partial charge in [0.1, 0.15) is 11.5 Å². The van der Waals surface area contributed by atoms with Crippen LogP contribution in [0.3, 0.4) is 0 Å². The van der Waals surface area contributed by atoms with Crippen LogP contribution in [0.4, 0.5) is 4.39 Å². The van der Waals surface area contributed by atoms with Crippen LogP contribution in [0.15, 0.2) is 24.4 Å². The molecule has 1 aromatic heterocycles. The van der Waals surface area contributed by atoms with Gasteiger partial charge in [-0.25, -0.2) is 14.4 Å². The summed E-state index contributed by atoms with van der Waals surface area (Å²) in [5, 5.41) is 3.26. The topological polar surface area (TPSA) is 56.3 Å². The minimum absolute atomic E-state index is 0.211. The lowest BCUT2D eigenvalue weighted by atomic mass is 10.1. The number of halogens is 1. The molecule has 0 aliphatic rings. The lowest BCUT2D eigenvalue weighted by Gasteiger charge is -2.09. The molecule has 118 valence electrons. The van der Waals surface area contributed by atoms with Crippen molar-refractivity contribution in [1.82, 2.24) is 15.3 Å². The standard InChI is InChI=1S/C16H20FN3O2/c1-11-6-12(8-13(17)7-11)9-18-5-4-14-16(22-3)19-10-15(20-14)21-2/h6-8,10,18H,4-5,9H2,1-3H3. The Hall–Kier alpha value is -2.21. The first kappa shape index (κ1) is 16.2. The molecule has 1 heterocycles. The lowest BCUT2D eigenvalue weighted by Crippen LogP contribution is -2.18. The van der Waals surface area contributed by atoms with Gasteiger partial charge in [0.15, 0.2) is 0 Å². The first-order chi connectivity index (χ1) is 10.6. The number of benzene rings is 1. The van der Waals surface area contributed by atoms with Crippen molar-refractivity contribution in [1.29, 1.82) is 0 Å². The second-order valence-corrected chi connectivity index (χ2v) is 4.93. The summed E-state index contributed by atoms with van der Waals surface area (Å²) >= 11 is 0. The molecule has 0 amide bonds.